The van der Waals surface area contributed by atoms with Crippen molar-refractivity contribution in [2.45, 2.75) is 33.4 Å². The normalized spacial score (nSPS) is 11.0. The lowest BCUT2D eigenvalue weighted by Crippen LogP contribution is -2.23. The van der Waals surface area contributed by atoms with E-state index in [-0.39, 0.29) is 0 Å². The summed E-state index contributed by atoms with van der Waals surface area (Å²) in [7, 11) is 2.13. The van der Waals surface area contributed by atoms with E-state index in [1.165, 1.54) is 22.5 Å². The van der Waals surface area contributed by atoms with Gasteiger partial charge in [-0.1, -0.05) is 48.0 Å². The molecule has 2 nitrogen and oxygen atoms in total. The Morgan fingerprint density at radius 2 is 1.81 bits per heavy atom. The molecule has 112 valence electrons. The van der Waals surface area contributed by atoms with Gasteiger partial charge in [0.25, 0.3) is 0 Å². The molecule has 2 aromatic rings. The van der Waals surface area contributed by atoms with Crippen LogP contribution in [0.4, 0.5) is 11.4 Å². The molecule has 2 aromatic carbocycles. The number of hydrogen-bond acceptors (Lipinski definition) is 2. The molecule has 0 aliphatic carbocycles. The van der Waals surface area contributed by atoms with Gasteiger partial charge in [-0.2, -0.15) is 0 Å². The highest BCUT2D eigenvalue weighted by Crippen LogP contribution is 2.31. The van der Waals surface area contributed by atoms with Crippen LogP contribution in [0.2, 0.25) is 0 Å². The van der Waals surface area contributed by atoms with Gasteiger partial charge in [-0.3, -0.25) is 0 Å². The molecule has 0 aliphatic heterocycles. The Labute approximate surface area is 136 Å². The summed E-state index contributed by atoms with van der Waals surface area (Å²) in [5, 5.41) is 3.50. The molecule has 1 N–H and O–H groups in total. The molecule has 21 heavy (non-hydrogen) atoms. The number of nitrogens with one attached hydrogen (secondary N) is 1. The first-order valence-electron chi connectivity index (χ1n) is 7.30. The molecule has 2 rings (SSSR count). The van der Waals surface area contributed by atoms with Crippen molar-refractivity contribution in [1.29, 1.82) is 0 Å². The van der Waals surface area contributed by atoms with Gasteiger partial charge in [0, 0.05) is 35.5 Å². The van der Waals surface area contributed by atoms with E-state index in [1.54, 1.807) is 0 Å². The standard InChI is InChI=1S/C18H23BrN2/c1-13(2)20-12-15-11-16(19)9-10-18(15)21(4)17-8-6-5-7-14(17)3/h5-11,13,20H,12H2,1-4H3. The van der Waals surface area contributed by atoms with Gasteiger partial charge in [-0.05, 0) is 42.3 Å². The maximum Gasteiger partial charge on any atom is 0.0454 e. The first kappa shape index (κ1) is 16.1. The van der Waals surface area contributed by atoms with Gasteiger partial charge >= 0.3 is 0 Å². The summed E-state index contributed by atoms with van der Waals surface area (Å²) in [5.74, 6) is 0. The van der Waals surface area contributed by atoms with Crippen molar-refractivity contribution in [3.8, 4) is 0 Å². The minimum Gasteiger partial charge on any atom is -0.344 e. The summed E-state index contributed by atoms with van der Waals surface area (Å²) in [4.78, 5) is 2.26. The smallest absolute Gasteiger partial charge is 0.0454 e. The van der Waals surface area contributed by atoms with Crippen LogP contribution in [-0.2, 0) is 6.54 Å². The molecule has 0 amide bonds. The largest absolute Gasteiger partial charge is 0.344 e. The predicted octanol–water partition coefficient (Wildman–Crippen LogP) is 5.02. The molecule has 3 heteroatoms. The van der Waals surface area contributed by atoms with Crippen molar-refractivity contribution in [3.05, 3.63) is 58.1 Å². The third kappa shape index (κ3) is 4.08. The quantitative estimate of drug-likeness (QED) is 0.817. The molecule has 0 bridgehead atoms. The highest BCUT2D eigenvalue weighted by atomic mass is 79.9. The molecular weight excluding hydrogens is 324 g/mol. The minimum atomic E-state index is 0.473. The first-order chi connectivity index (χ1) is 9.99. The Balaban J connectivity index is 2.36. The molecule has 0 radical (unpaired) electrons. The Bertz CT molecular complexity index is 608. The fourth-order valence-corrected chi connectivity index (χ4v) is 2.81. The Kier molecular flexibility index (Phi) is 5.43. The van der Waals surface area contributed by atoms with Gasteiger partial charge in [0.15, 0.2) is 0 Å². The maximum absolute atomic E-state index is 3.58. The molecule has 0 atom stereocenters. The Morgan fingerprint density at radius 3 is 2.48 bits per heavy atom. The fourth-order valence-electron chi connectivity index (χ4n) is 2.41. The average Bonchev–Trinajstić information content (AvgIpc) is 2.45. The van der Waals surface area contributed by atoms with Gasteiger partial charge in [0.1, 0.15) is 0 Å². The van der Waals surface area contributed by atoms with Crippen LogP contribution in [0, 0.1) is 6.92 Å². The zero-order chi connectivity index (χ0) is 15.4. The highest BCUT2D eigenvalue weighted by molar-refractivity contribution is 9.10. The summed E-state index contributed by atoms with van der Waals surface area (Å²) in [6.45, 7) is 7.35. The lowest BCUT2D eigenvalue weighted by atomic mass is 10.1. The van der Waals surface area contributed by atoms with Gasteiger partial charge in [-0.25, -0.2) is 0 Å². The molecule has 0 aromatic heterocycles. The summed E-state index contributed by atoms with van der Waals surface area (Å²) in [6.07, 6.45) is 0. The second-order valence-corrected chi connectivity index (χ2v) is 6.57. The third-order valence-electron chi connectivity index (χ3n) is 3.58. The maximum atomic E-state index is 3.58. The van der Waals surface area contributed by atoms with Crippen LogP contribution in [-0.4, -0.2) is 13.1 Å². The lowest BCUT2D eigenvalue weighted by Gasteiger charge is -2.25. The SMILES string of the molecule is Cc1ccccc1N(C)c1ccc(Br)cc1CNC(C)C. The minimum absolute atomic E-state index is 0.473. The molecule has 0 fully saturated rings. The van der Waals surface area contributed by atoms with Crippen molar-refractivity contribution >= 4 is 27.3 Å². The summed E-state index contributed by atoms with van der Waals surface area (Å²) in [5.41, 5.74) is 5.06. The molecule has 0 saturated carbocycles. The first-order valence-corrected chi connectivity index (χ1v) is 8.09. The van der Waals surface area contributed by atoms with E-state index in [0.717, 1.165) is 11.0 Å². The van der Waals surface area contributed by atoms with Crippen LogP contribution in [0.1, 0.15) is 25.0 Å². The van der Waals surface area contributed by atoms with Gasteiger partial charge in [0.2, 0.25) is 0 Å². The van der Waals surface area contributed by atoms with E-state index in [0.29, 0.717) is 6.04 Å². The van der Waals surface area contributed by atoms with Crippen LogP contribution < -0.4 is 10.2 Å². The summed E-state index contributed by atoms with van der Waals surface area (Å²) < 4.78 is 1.12. The van der Waals surface area contributed by atoms with E-state index in [4.69, 9.17) is 0 Å². The van der Waals surface area contributed by atoms with E-state index in [1.807, 2.05) is 0 Å². The van der Waals surface area contributed by atoms with Crippen LogP contribution in [0.15, 0.2) is 46.9 Å². The number of benzene rings is 2. The van der Waals surface area contributed by atoms with Crippen LogP contribution in [0.25, 0.3) is 0 Å². The van der Waals surface area contributed by atoms with Crippen molar-refractivity contribution in [1.82, 2.24) is 5.32 Å². The van der Waals surface area contributed by atoms with Crippen LogP contribution >= 0.6 is 15.9 Å². The molecule has 0 spiro atoms. The second kappa shape index (κ2) is 7.10. The number of rotatable bonds is 5. The molecule has 0 heterocycles. The van der Waals surface area contributed by atoms with Crippen molar-refractivity contribution in [2.75, 3.05) is 11.9 Å². The number of halogens is 1. The number of para-hydroxylation sites is 1. The van der Waals surface area contributed by atoms with Gasteiger partial charge < -0.3 is 10.2 Å². The van der Waals surface area contributed by atoms with Crippen LogP contribution in [0.3, 0.4) is 0 Å². The fraction of sp³-hybridized carbons (Fsp3) is 0.333. The topological polar surface area (TPSA) is 15.3 Å². The lowest BCUT2D eigenvalue weighted by molar-refractivity contribution is 0.589. The molecule has 0 aliphatic rings. The van der Waals surface area contributed by atoms with Gasteiger partial charge in [-0.15, -0.1) is 0 Å². The molecule has 0 unspecified atom stereocenters. The summed E-state index contributed by atoms with van der Waals surface area (Å²) in [6, 6.07) is 15.4. The number of aryl methyl sites for hydroxylation is 1. The van der Waals surface area contributed by atoms with Crippen molar-refractivity contribution in [2.24, 2.45) is 0 Å². The number of anilines is 2. The van der Waals surface area contributed by atoms with Gasteiger partial charge in [0.05, 0.1) is 0 Å². The second-order valence-electron chi connectivity index (χ2n) is 5.65. The highest BCUT2D eigenvalue weighted by Gasteiger charge is 2.11. The average molecular weight is 347 g/mol. The van der Waals surface area contributed by atoms with E-state index in [9.17, 15) is 0 Å². The molecule has 0 saturated heterocycles. The number of nitrogens with zero attached hydrogens (tertiary/aromatic N) is 1. The Hall–Kier alpha value is -1.32. The van der Waals surface area contributed by atoms with E-state index >= 15 is 0 Å². The van der Waals surface area contributed by atoms with Crippen LogP contribution in [0.5, 0.6) is 0 Å². The monoisotopic (exact) mass is 346 g/mol. The van der Waals surface area contributed by atoms with Crippen molar-refractivity contribution in [3.63, 3.8) is 0 Å². The number of hydrogen-bond donors (Lipinski definition) is 1. The predicted molar refractivity (Wildman–Crippen MR) is 95.4 cm³/mol. The summed E-state index contributed by atoms with van der Waals surface area (Å²) >= 11 is 3.58. The molecular formula is C18H23BrN2. The Morgan fingerprint density at radius 1 is 1.10 bits per heavy atom. The zero-order valence-electron chi connectivity index (χ0n) is 13.2. The van der Waals surface area contributed by atoms with E-state index < -0.39 is 0 Å². The van der Waals surface area contributed by atoms with E-state index in [2.05, 4.69) is 96.4 Å². The zero-order valence-corrected chi connectivity index (χ0v) is 14.7. The van der Waals surface area contributed by atoms with Crippen molar-refractivity contribution < 1.29 is 0 Å². The third-order valence-corrected chi connectivity index (χ3v) is 4.07.